The van der Waals surface area contributed by atoms with Crippen LogP contribution in [0, 0.1) is 5.41 Å². The van der Waals surface area contributed by atoms with E-state index in [-0.39, 0.29) is 43.3 Å². The fourth-order valence-corrected chi connectivity index (χ4v) is 6.16. The Bertz CT molecular complexity index is 1360. The van der Waals surface area contributed by atoms with E-state index in [4.69, 9.17) is 20.9 Å². The molecule has 2 aromatic rings. The van der Waals surface area contributed by atoms with Crippen molar-refractivity contribution >= 4 is 64.2 Å². The van der Waals surface area contributed by atoms with Crippen LogP contribution in [-0.4, -0.2) is 74.1 Å². The van der Waals surface area contributed by atoms with Gasteiger partial charge in [0.15, 0.2) is 5.75 Å². The first-order chi connectivity index (χ1) is 19.2. The molecule has 0 bridgehead atoms. The van der Waals surface area contributed by atoms with Gasteiger partial charge in [0.2, 0.25) is 10.0 Å². The molecule has 1 saturated heterocycles. The number of benzene rings is 2. The van der Waals surface area contributed by atoms with Crippen LogP contribution in [0.4, 0.5) is 5.69 Å². The first-order valence-corrected chi connectivity index (χ1v) is 15.2. The van der Waals surface area contributed by atoms with E-state index in [1.165, 1.54) is 25.1 Å². The predicted octanol–water partition coefficient (Wildman–Crippen LogP) is 4.56. The minimum absolute atomic E-state index is 0. The first kappa shape index (κ1) is 34.9. The number of anilines is 1. The van der Waals surface area contributed by atoms with Gasteiger partial charge in [-0.05, 0) is 48.7 Å². The van der Waals surface area contributed by atoms with Crippen LogP contribution in [0.2, 0.25) is 0 Å². The number of hydrogen-bond acceptors (Lipinski definition) is 7. The second-order valence-corrected chi connectivity index (χ2v) is 11.9. The second kappa shape index (κ2) is 16.4. The largest absolute Gasteiger partial charge is 0.490 e. The van der Waals surface area contributed by atoms with Gasteiger partial charge in [0, 0.05) is 44.5 Å². The molecule has 0 amide bonds. The van der Waals surface area contributed by atoms with Crippen molar-refractivity contribution in [2.45, 2.75) is 44.6 Å². The van der Waals surface area contributed by atoms with E-state index in [1.807, 2.05) is 0 Å². The number of aliphatic imine (C=N–C) groups is 1. The molecule has 10 nitrogen and oxygen atoms in total. The van der Waals surface area contributed by atoms with Crippen LogP contribution in [-0.2, 0) is 14.8 Å². The first-order valence-electron chi connectivity index (χ1n) is 13.6. The lowest BCUT2D eigenvalue weighted by molar-refractivity contribution is -0.134. The SMILES string of the molecule is Cl.Cl.N=C(N)c1cccc(/C=C/CN(c2ccc(OC3CCN(C4=NCCCCC4)CC3)cc2)S(=O)(=O)CC(=O)O)c1. The van der Waals surface area contributed by atoms with Crippen molar-refractivity contribution in [3.63, 3.8) is 0 Å². The van der Waals surface area contributed by atoms with Gasteiger partial charge >= 0.3 is 5.97 Å². The number of nitrogen functional groups attached to an aromatic ring is 1. The normalized spacial score (nSPS) is 16.0. The van der Waals surface area contributed by atoms with Crippen LogP contribution in [0.25, 0.3) is 6.08 Å². The Balaban J connectivity index is 0.00000308. The summed E-state index contributed by atoms with van der Waals surface area (Å²) in [7, 11) is -4.14. The maximum Gasteiger partial charge on any atom is 0.320 e. The third-order valence-electron chi connectivity index (χ3n) is 7.01. The number of sulfonamides is 1. The highest BCUT2D eigenvalue weighted by molar-refractivity contribution is 7.93. The summed E-state index contributed by atoms with van der Waals surface area (Å²) >= 11 is 0. The van der Waals surface area contributed by atoms with E-state index in [0.29, 0.717) is 17.0 Å². The van der Waals surface area contributed by atoms with Gasteiger partial charge < -0.3 is 20.5 Å². The summed E-state index contributed by atoms with van der Waals surface area (Å²) in [5.74, 6) is -0.653. The Morgan fingerprint density at radius 3 is 2.50 bits per heavy atom. The Morgan fingerprint density at radius 2 is 1.83 bits per heavy atom. The topological polar surface area (TPSA) is 149 Å². The van der Waals surface area contributed by atoms with Gasteiger partial charge in [-0.1, -0.05) is 36.8 Å². The number of rotatable bonds is 10. The Labute approximate surface area is 260 Å². The molecule has 0 aromatic heterocycles. The molecule has 42 heavy (non-hydrogen) atoms. The molecule has 230 valence electrons. The molecule has 0 aliphatic carbocycles. The Hall–Kier alpha value is -3.28. The molecule has 4 N–H and O–H groups in total. The molecule has 2 aliphatic rings. The number of ether oxygens (including phenoxy) is 1. The van der Waals surface area contributed by atoms with E-state index in [2.05, 4.69) is 4.90 Å². The fourth-order valence-electron chi connectivity index (χ4n) is 4.94. The van der Waals surface area contributed by atoms with Crippen LogP contribution in [0.1, 0.15) is 49.7 Å². The molecule has 0 spiro atoms. The molecule has 0 unspecified atom stereocenters. The minimum Gasteiger partial charge on any atom is -0.490 e. The van der Waals surface area contributed by atoms with E-state index >= 15 is 0 Å². The highest BCUT2D eigenvalue weighted by atomic mass is 35.5. The van der Waals surface area contributed by atoms with Crippen molar-refractivity contribution in [2.24, 2.45) is 10.7 Å². The summed E-state index contributed by atoms with van der Waals surface area (Å²) in [5, 5.41) is 16.8. The molecule has 0 saturated carbocycles. The minimum atomic E-state index is -4.14. The number of halogens is 2. The van der Waals surface area contributed by atoms with E-state index in [0.717, 1.165) is 48.8 Å². The lowest BCUT2D eigenvalue weighted by atomic mass is 10.1. The summed E-state index contributed by atoms with van der Waals surface area (Å²) in [6.07, 6.45) is 9.83. The van der Waals surface area contributed by atoms with Gasteiger partial charge in [0.05, 0.1) is 18.1 Å². The van der Waals surface area contributed by atoms with Crippen LogP contribution in [0.15, 0.2) is 59.6 Å². The summed E-state index contributed by atoms with van der Waals surface area (Å²) in [6.45, 7) is 2.66. The number of carboxylic acid groups (broad SMARTS) is 1. The summed E-state index contributed by atoms with van der Waals surface area (Å²) in [4.78, 5) is 18.4. The number of carbonyl (C=O) groups is 1. The Kier molecular flexibility index (Phi) is 13.6. The number of hydrogen-bond donors (Lipinski definition) is 3. The van der Waals surface area contributed by atoms with Crippen LogP contribution >= 0.6 is 24.8 Å². The van der Waals surface area contributed by atoms with Crippen molar-refractivity contribution in [3.8, 4) is 5.75 Å². The second-order valence-electron chi connectivity index (χ2n) is 10.0. The fraction of sp³-hybridized carbons (Fsp3) is 0.414. The number of piperidine rings is 1. The maximum absolute atomic E-state index is 12.9. The summed E-state index contributed by atoms with van der Waals surface area (Å²) in [5.41, 5.74) is 7.19. The van der Waals surface area contributed by atoms with Crippen molar-refractivity contribution < 1.29 is 23.1 Å². The zero-order chi connectivity index (χ0) is 28.5. The maximum atomic E-state index is 12.9. The highest BCUT2D eigenvalue weighted by Gasteiger charge is 2.26. The van der Waals surface area contributed by atoms with E-state index in [9.17, 15) is 18.3 Å². The molecular formula is C29H39Cl2N5O5S. The van der Waals surface area contributed by atoms with Crippen molar-refractivity contribution in [3.05, 3.63) is 65.7 Å². The van der Waals surface area contributed by atoms with Gasteiger partial charge in [-0.3, -0.25) is 19.5 Å². The molecule has 1 fully saturated rings. The van der Waals surface area contributed by atoms with Gasteiger partial charge in [-0.15, -0.1) is 24.8 Å². The van der Waals surface area contributed by atoms with Crippen molar-refractivity contribution in [1.82, 2.24) is 4.90 Å². The average molecular weight is 641 g/mol. The van der Waals surface area contributed by atoms with Crippen LogP contribution in [0.3, 0.4) is 0 Å². The molecule has 4 rings (SSSR count). The average Bonchev–Trinajstić information content (AvgIpc) is 3.21. The standard InChI is InChI=1S/C29H37N5O5S.2ClH/c30-29(31)23-8-4-6-22(20-23)7-5-17-34(40(37,38)21-28(35)36)24-10-12-25(13-11-24)39-26-14-18-33(19-15-26)27-9-2-1-3-16-32-27;;/h4-8,10-13,20,26H,1-3,9,14-19,21H2,(H3,30,31)(H,35,36);2*1H/b7-5+;;. The molecule has 2 aromatic carbocycles. The zero-order valence-electron chi connectivity index (χ0n) is 23.4. The number of nitrogens with zero attached hydrogens (tertiary/aromatic N) is 3. The zero-order valence-corrected chi connectivity index (χ0v) is 25.8. The summed E-state index contributed by atoms with van der Waals surface area (Å²) in [6, 6.07) is 13.7. The van der Waals surface area contributed by atoms with Gasteiger partial charge in [-0.2, -0.15) is 0 Å². The number of aliphatic carboxylic acids is 1. The summed E-state index contributed by atoms with van der Waals surface area (Å²) < 4.78 is 33.1. The Morgan fingerprint density at radius 1 is 1.12 bits per heavy atom. The highest BCUT2D eigenvalue weighted by Crippen LogP contribution is 2.26. The molecular weight excluding hydrogens is 601 g/mol. The molecule has 0 radical (unpaired) electrons. The predicted molar refractivity (Wildman–Crippen MR) is 172 cm³/mol. The molecule has 13 heteroatoms. The monoisotopic (exact) mass is 639 g/mol. The van der Waals surface area contributed by atoms with Crippen molar-refractivity contribution in [1.29, 1.82) is 5.41 Å². The van der Waals surface area contributed by atoms with Crippen LogP contribution in [0.5, 0.6) is 5.75 Å². The lowest BCUT2D eigenvalue weighted by Crippen LogP contribution is -2.41. The number of carboxylic acids is 1. The smallest absolute Gasteiger partial charge is 0.320 e. The number of nitrogens with one attached hydrogen (secondary N) is 1. The molecule has 2 aliphatic heterocycles. The van der Waals surface area contributed by atoms with Gasteiger partial charge in [0.1, 0.15) is 17.7 Å². The molecule has 0 atom stereocenters. The lowest BCUT2D eigenvalue weighted by Gasteiger charge is -2.34. The van der Waals surface area contributed by atoms with E-state index in [1.54, 1.807) is 60.7 Å². The quantitative estimate of drug-likeness (QED) is 0.255. The van der Waals surface area contributed by atoms with Gasteiger partial charge in [-0.25, -0.2) is 8.42 Å². The third-order valence-corrected chi connectivity index (χ3v) is 8.65. The van der Waals surface area contributed by atoms with E-state index < -0.39 is 21.7 Å². The van der Waals surface area contributed by atoms with Crippen molar-refractivity contribution in [2.75, 3.05) is 36.2 Å². The third kappa shape index (κ3) is 9.92. The number of likely N-dealkylation sites (tertiary alicyclic amines) is 1. The number of amidine groups is 2. The van der Waals surface area contributed by atoms with Crippen LogP contribution < -0.4 is 14.8 Å². The number of nitrogens with two attached hydrogens (primary N) is 1. The van der Waals surface area contributed by atoms with Gasteiger partial charge in [0.25, 0.3) is 0 Å². The molecule has 2 heterocycles.